The number of rotatable bonds is 11. The molecule has 0 saturated carbocycles. The number of hydrogen-bond donors (Lipinski definition) is 1. The summed E-state index contributed by atoms with van der Waals surface area (Å²) in [5, 5.41) is 2.39. The lowest BCUT2D eigenvalue weighted by atomic mass is 9.88. The molecule has 0 aliphatic rings. The van der Waals surface area contributed by atoms with Crippen LogP contribution in [0.2, 0.25) is 0 Å². The van der Waals surface area contributed by atoms with E-state index in [2.05, 4.69) is 112 Å². The van der Waals surface area contributed by atoms with Crippen LogP contribution in [0.25, 0.3) is 0 Å². The third kappa shape index (κ3) is 7.45. The van der Waals surface area contributed by atoms with Gasteiger partial charge in [0.2, 0.25) is 0 Å². The normalized spacial score (nSPS) is 12.2. The number of ether oxygens (including phenoxy) is 2. The van der Waals surface area contributed by atoms with Crippen molar-refractivity contribution >= 4 is 0 Å². The molecule has 0 heterocycles. The highest BCUT2D eigenvalue weighted by Gasteiger charge is 2.15. The van der Waals surface area contributed by atoms with Crippen molar-refractivity contribution in [2.24, 2.45) is 0 Å². The van der Waals surface area contributed by atoms with Gasteiger partial charge in [0.15, 0.2) is 0 Å². The molecule has 3 nitrogen and oxygen atoms in total. The molecular weight excluding hydrogens is 382 g/mol. The van der Waals surface area contributed by atoms with Crippen LogP contribution in [0.3, 0.4) is 0 Å². The Morgan fingerprint density at radius 3 is 1.71 bits per heavy atom. The van der Waals surface area contributed by atoms with Crippen molar-refractivity contribution in [2.45, 2.75) is 58.8 Å². The Kier molecular flexibility index (Phi) is 8.54. The molecule has 0 radical (unpaired) electrons. The first kappa shape index (κ1) is 22.9. The third-order valence-corrected chi connectivity index (χ3v) is 5.19. The lowest BCUT2D eigenvalue weighted by molar-refractivity contribution is -0.671. The van der Waals surface area contributed by atoms with E-state index < -0.39 is 0 Å². The molecule has 0 unspecified atom stereocenters. The fourth-order valence-corrected chi connectivity index (χ4v) is 3.79. The Labute approximate surface area is 187 Å². The van der Waals surface area contributed by atoms with Gasteiger partial charge in [0.1, 0.15) is 18.0 Å². The Morgan fingerprint density at radius 1 is 0.645 bits per heavy atom. The summed E-state index contributed by atoms with van der Waals surface area (Å²) in [5.41, 5.74) is 4.03. The minimum absolute atomic E-state index is 0.191. The molecule has 0 aliphatic carbocycles. The summed E-state index contributed by atoms with van der Waals surface area (Å²) in [5.74, 6) is 2.25. The van der Waals surface area contributed by atoms with E-state index in [9.17, 15) is 0 Å². The van der Waals surface area contributed by atoms with Crippen molar-refractivity contribution < 1.29 is 14.8 Å². The maximum atomic E-state index is 5.82. The van der Waals surface area contributed by atoms with Crippen LogP contribution in [0.1, 0.15) is 56.7 Å². The van der Waals surface area contributed by atoms with Crippen LogP contribution in [-0.4, -0.2) is 18.8 Å². The van der Waals surface area contributed by atoms with E-state index in [1.807, 2.05) is 0 Å². The Balaban J connectivity index is 1.59. The van der Waals surface area contributed by atoms with Crippen LogP contribution < -0.4 is 14.8 Å². The van der Waals surface area contributed by atoms with Crippen molar-refractivity contribution in [3.05, 3.63) is 95.6 Å². The highest BCUT2D eigenvalue weighted by atomic mass is 16.5. The number of quaternary nitrogens is 1. The van der Waals surface area contributed by atoms with Gasteiger partial charge in [0, 0.05) is 17.9 Å². The van der Waals surface area contributed by atoms with Crippen molar-refractivity contribution in [1.29, 1.82) is 0 Å². The maximum absolute atomic E-state index is 5.82. The Morgan fingerprint density at radius 2 is 1.16 bits per heavy atom. The number of hydrogen-bond acceptors (Lipinski definition) is 2. The van der Waals surface area contributed by atoms with E-state index in [4.69, 9.17) is 9.47 Å². The fourth-order valence-electron chi connectivity index (χ4n) is 3.79. The van der Waals surface area contributed by atoms with E-state index in [1.165, 1.54) is 16.7 Å². The van der Waals surface area contributed by atoms with E-state index >= 15 is 0 Å². The summed E-state index contributed by atoms with van der Waals surface area (Å²) in [6.07, 6.45) is 1.48. The second-order valence-corrected chi connectivity index (χ2v) is 8.58. The largest absolute Gasteiger partial charge is 0.491 e. The quantitative estimate of drug-likeness (QED) is 0.415. The zero-order chi connectivity index (χ0) is 22.1. The second-order valence-electron chi connectivity index (χ2n) is 8.58. The first-order valence-electron chi connectivity index (χ1n) is 11.4. The zero-order valence-corrected chi connectivity index (χ0v) is 19.3. The molecule has 0 amide bonds. The highest BCUT2D eigenvalue weighted by molar-refractivity contribution is 5.36. The predicted octanol–water partition coefficient (Wildman–Crippen LogP) is 5.55. The minimum atomic E-state index is 0.191. The van der Waals surface area contributed by atoms with Crippen LogP contribution in [0, 0.1) is 0 Å². The molecule has 0 fully saturated rings. The predicted molar refractivity (Wildman–Crippen MR) is 128 cm³/mol. The molecule has 0 aromatic heterocycles. The van der Waals surface area contributed by atoms with Crippen molar-refractivity contribution in [1.82, 2.24) is 0 Å². The summed E-state index contributed by atoms with van der Waals surface area (Å²) in [6.45, 7) is 10.3. The van der Waals surface area contributed by atoms with E-state index in [0.717, 1.165) is 31.0 Å². The molecular formula is C28H36NO2+. The van der Waals surface area contributed by atoms with E-state index in [-0.39, 0.29) is 12.2 Å². The summed E-state index contributed by atoms with van der Waals surface area (Å²) >= 11 is 0. The van der Waals surface area contributed by atoms with Gasteiger partial charge in [-0.1, -0.05) is 42.5 Å². The molecule has 3 aromatic rings. The molecule has 0 spiro atoms. The van der Waals surface area contributed by atoms with Gasteiger partial charge in [-0.05, 0) is 75.2 Å². The molecule has 164 valence electrons. The lowest BCUT2D eigenvalue weighted by Crippen LogP contribution is -2.82. The van der Waals surface area contributed by atoms with Gasteiger partial charge in [-0.2, -0.15) is 0 Å². The topological polar surface area (TPSA) is 35.1 Å². The molecule has 3 aromatic carbocycles. The van der Waals surface area contributed by atoms with Gasteiger partial charge in [0.05, 0.1) is 18.8 Å². The van der Waals surface area contributed by atoms with Crippen LogP contribution in [0.4, 0.5) is 0 Å². The summed E-state index contributed by atoms with van der Waals surface area (Å²) in [4.78, 5) is 0. The second kappa shape index (κ2) is 11.6. The highest BCUT2D eigenvalue weighted by Crippen LogP contribution is 2.29. The van der Waals surface area contributed by atoms with Gasteiger partial charge in [-0.15, -0.1) is 0 Å². The SMILES string of the molecule is CC(C)Oc1ccc(C[NH2+]CC[C@@H](c2ccccc2)c2ccc(OC(C)C)cc2)cc1. The number of benzene rings is 3. The minimum Gasteiger partial charge on any atom is -0.491 e. The van der Waals surface area contributed by atoms with Gasteiger partial charge in [-0.3, -0.25) is 0 Å². The van der Waals surface area contributed by atoms with Crippen LogP contribution in [0.15, 0.2) is 78.9 Å². The van der Waals surface area contributed by atoms with Crippen LogP contribution >= 0.6 is 0 Å². The van der Waals surface area contributed by atoms with Crippen molar-refractivity contribution in [3.63, 3.8) is 0 Å². The third-order valence-electron chi connectivity index (χ3n) is 5.19. The summed E-state index contributed by atoms with van der Waals surface area (Å²) in [6, 6.07) is 27.9. The summed E-state index contributed by atoms with van der Waals surface area (Å²) < 4.78 is 11.6. The van der Waals surface area contributed by atoms with Gasteiger partial charge >= 0.3 is 0 Å². The van der Waals surface area contributed by atoms with Crippen molar-refractivity contribution in [3.8, 4) is 11.5 Å². The molecule has 0 bridgehead atoms. The van der Waals surface area contributed by atoms with Gasteiger partial charge in [-0.25, -0.2) is 0 Å². The monoisotopic (exact) mass is 418 g/mol. The molecule has 1 atom stereocenters. The molecule has 2 N–H and O–H groups in total. The molecule has 3 heteroatoms. The first-order valence-corrected chi connectivity index (χ1v) is 11.4. The first-order chi connectivity index (χ1) is 15.0. The molecule has 0 aliphatic heterocycles. The average molecular weight is 419 g/mol. The molecule has 0 saturated heterocycles. The zero-order valence-electron chi connectivity index (χ0n) is 19.3. The smallest absolute Gasteiger partial charge is 0.119 e. The van der Waals surface area contributed by atoms with Gasteiger partial charge in [0.25, 0.3) is 0 Å². The fraction of sp³-hybridized carbons (Fsp3) is 0.357. The van der Waals surface area contributed by atoms with Crippen molar-refractivity contribution in [2.75, 3.05) is 6.54 Å². The maximum Gasteiger partial charge on any atom is 0.119 e. The van der Waals surface area contributed by atoms with E-state index in [0.29, 0.717) is 5.92 Å². The van der Waals surface area contributed by atoms with Crippen LogP contribution in [0.5, 0.6) is 11.5 Å². The summed E-state index contributed by atoms with van der Waals surface area (Å²) in [7, 11) is 0. The Hall–Kier alpha value is -2.78. The lowest BCUT2D eigenvalue weighted by Gasteiger charge is -2.18. The number of nitrogens with two attached hydrogens (primary N) is 1. The Bertz CT molecular complexity index is 887. The average Bonchev–Trinajstić information content (AvgIpc) is 2.75. The molecule has 3 rings (SSSR count). The standard InChI is InChI=1S/C28H35NO2/c1-21(2)30-26-14-10-23(11-15-26)20-29-19-18-28(24-8-6-5-7-9-24)25-12-16-27(17-13-25)31-22(3)4/h5-17,21-22,28-29H,18-20H2,1-4H3/p+1/t28-/m0/s1. The van der Waals surface area contributed by atoms with Crippen LogP contribution in [-0.2, 0) is 6.54 Å². The molecule has 31 heavy (non-hydrogen) atoms. The van der Waals surface area contributed by atoms with E-state index in [1.54, 1.807) is 0 Å². The van der Waals surface area contributed by atoms with Gasteiger partial charge < -0.3 is 14.8 Å².